The van der Waals surface area contributed by atoms with Crippen LogP contribution in [-0.2, 0) is 9.84 Å². The molecule has 1 aromatic rings. The summed E-state index contributed by atoms with van der Waals surface area (Å²) in [7, 11) is 0.622. The highest BCUT2D eigenvalue weighted by atomic mass is 32.2. The Morgan fingerprint density at radius 2 is 1.89 bits per heavy atom. The molecule has 8 heteroatoms. The molecule has 0 radical (unpaired) electrons. The summed E-state index contributed by atoms with van der Waals surface area (Å²) in [5.41, 5.74) is 5.70. The predicted octanol–water partition coefficient (Wildman–Crippen LogP) is 0.907. The maximum Gasteiger partial charge on any atom is 0.182 e. The van der Waals surface area contributed by atoms with E-state index in [4.69, 9.17) is 5.73 Å². The van der Waals surface area contributed by atoms with Gasteiger partial charge in [-0.05, 0) is 32.0 Å². The van der Waals surface area contributed by atoms with E-state index in [1.807, 2.05) is 19.0 Å². The van der Waals surface area contributed by atoms with Gasteiger partial charge in [0.05, 0.1) is 0 Å². The molecule has 0 spiro atoms. The summed E-state index contributed by atoms with van der Waals surface area (Å²) in [4.78, 5) is 4.28. The fourth-order valence-corrected chi connectivity index (χ4v) is 4.00. The van der Waals surface area contributed by atoms with Gasteiger partial charge in [-0.3, -0.25) is 0 Å². The summed E-state index contributed by atoms with van der Waals surface area (Å²) in [6, 6.07) is 0. The third kappa shape index (κ3) is 4.32. The molecule has 0 unspecified atom stereocenters. The van der Waals surface area contributed by atoms with Crippen LogP contribution in [0.5, 0.6) is 0 Å². The van der Waals surface area contributed by atoms with E-state index < -0.39 is 9.84 Å². The van der Waals surface area contributed by atoms with Crippen LogP contribution in [0.4, 0.5) is 10.8 Å². The fourth-order valence-electron chi connectivity index (χ4n) is 1.74. The van der Waals surface area contributed by atoms with Gasteiger partial charge in [-0.1, -0.05) is 6.92 Å². The standard InChI is InChI=1S/C11H22N4O2S2/c1-5-6-15(8-7-14(2)3)11-9(19(4,16)17)10(12)13-18-11/h5-8H2,1-4H3,(H2,12,13). The van der Waals surface area contributed by atoms with Crippen molar-refractivity contribution in [1.29, 1.82) is 0 Å². The Labute approximate surface area is 119 Å². The Hall–Kier alpha value is -0.860. The second-order valence-electron chi connectivity index (χ2n) is 4.76. The van der Waals surface area contributed by atoms with Crippen molar-refractivity contribution in [2.45, 2.75) is 18.2 Å². The van der Waals surface area contributed by atoms with Crippen LogP contribution in [0.2, 0.25) is 0 Å². The lowest BCUT2D eigenvalue weighted by Crippen LogP contribution is -2.32. The Balaban J connectivity index is 3.09. The van der Waals surface area contributed by atoms with Crippen LogP contribution >= 0.6 is 11.5 Å². The molecule has 0 aliphatic rings. The number of aromatic nitrogens is 1. The van der Waals surface area contributed by atoms with E-state index in [0.717, 1.165) is 37.6 Å². The molecular weight excluding hydrogens is 284 g/mol. The lowest BCUT2D eigenvalue weighted by Gasteiger charge is -2.24. The summed E-state index contributed by atoms with van der Waals surface area (Å²) in [5.74, 6) is 0.105. The molecule has 1 heterocycles. The maximum atomic E-state index is 11.8. The van der Waals surface area contributed by atoms with Crippen molar-refractivity contribution >= 4 is 32.2 Å². The maximum absolute atomic E-state index is 11.8. The van der Waals surface area contributed by atoms with Crippen molar-refractivity contribution in [3.05, 3.63) is 0 Å². The minimum atomic E-state index is -3.36. The van der Waals surface area contributed by atoms with Crippen molar-refractivity contribution in [3.8, 4) is 0 Å². The molecule has 0 bridgehead atoms. The van der Waals surface area contributed by atoms with Crippen LogP contribution in [0.3, 0.4) is 0 Å². The minimum absolute atomic E-state index is 0.105. The Morgan fingerprint density at radius 3 is 2.37 bits per heavy atom. The van der Waals surface area contributed by atoms with E-state index >= 15 is 0 Å². The van der Waals surface area contributed by atoms with Gasteiger partial charge in [0.2, 0.25) is 0 Å². The van der Waals surface area contributed by atoms with Crippen LogP contribution in [0.1, 0.15) is 13.3 Å². The summed E-state index contributed by atoms with van der Waals surface area (Å²) < 4.78 is 27.7. The smallest absolute Gasteiger partial charge is 0.182 e. The lowest BCUT2D eigenvalue weighted by atomic mass is 10.4. The van der Waals surface area contributed by atoms with Gasteiger partial charge in [0.25, 0.3) is 0 Å². The molecule has 0 saturated heterocycles. The summed E-state index contributed by atoms with van der Waals surface area (Å²) >= 11 is 1.16. The average molecular weight is 306 g/mol. The van der Waals surface area contributed by atoms with Crippen molar-refractivity contribution in [2.24, 2.45) is 0 Å². The van der Waals surface area contributed by atoms with Gasteiger partial charge in [-0.15, -0.1) is 0 Å². The molecule has 0 aliphatic carbocycles. The first-order chi connectivity index (χ1) is 8.77. The van der Waals surface area contributed by atoms with Crippen LogP contribution < -0.4 is 10.6 Å². The fraction of sp³-hybridized carbons (Fsp3) is 0.727. The highest BCUT2D eigenvalue weighted by molar-refractivity contribution is 7.91. The molecular formula is C11H22N4O2S2. The van der Waals surface area contributed by atoms with Crippen LogP contribution in [0.25, 0.3) is 0 Å². The van der Waals surface area contributed by atoms with Gasteiger partial charge in [-0.2, -0.15) is 4.37 Å². The van der Waals surface area contributed by atoms with E-state index in [9.17, 15) is 8.42 Å². The van der Waals surface area contributed by atoms with Gasteiger partial charge in [0.1, 0.15) is 9.90 Å². The first kappa shape index (κ1) is 16.2. The number of hydrogen-bond acceptors (Lipinski definition) is 7. The van der Waals surface area contributed by atoms with E-state index in [-0.39, 0.29) is 10.7 Å². The van der Waals surface area contributed by atoms with Crippen molar-refractivity contribution < 1.29 is 8.42 Å². The second kappa shape index (κ2) is 6.53. The van der Waals surface area contributed by atoms with E-state index in [1.54, 1.807) is 0 Å². The monoisotopic (exact) mass is 306 g/mol. The Morgan fingerprint density at radius 1 is 1.26 bits per heavy atom. The largest absolute Gasteiger partial charge is 0.382 e. The normalized spacial score (nSPS) is 12.1. The molecule has 19 heavy (non-hydrogen) atoms. The highest BCUT2D eigenvalue weighted by Crippen LogP contribution is 2.34. The third-order valence-electron chi connectivity index (χ3n) is 2.63. The van der Waals surface area contributed by atoms with Crippen molar-refractivity contribution in [2.75, 3.05) is 50.6 Å². The van der Waals surface area contributed by atoms with Crippen LogP contribution in [0.15, 0.2) is 4.90 Å². The minimum Gasteiger partial charge on any atom is -0.382 e. The number of anilines is 2. The molecule has 0 amide bonds. The van der Waals surface area contributed by atoms with Crippen LogP contribution in [0, 0.1) is 0 Å². The first-order valence-corrected chi connectivity index (χ1v) is 8.78. The molecule has 1 aromatic heterocycles. The molecule has 0 aromatic carbocycles. The van der Waals surface area contributed by atoms with Gasteiger partial charge < -0.3 is 15.5 Å². The molecule has 0 fully saturated rings. The predicted molar refractivity (Wildman–Crippen MR) is 80.7 cm³/mol. The zero-order chi connectivity index (χ0) is 14.6. The van der Waals surface area contributed by atoms with Gasteiger partial charge in [0, 0.05) is 25.9 Å². The Bertz CT molecular complexity index is 511. The van der Waals surface area contributed by atoms with E-state index in [1.165, 1.54) is 6.26 Å². The quantitative estimate of drug-likeness (QED) is 0.806. The molecule has 0 aliphatic heterocycles. The number of hydrogen-bond donors (Lipinski definition) is 1. The molecule has 6 nitrogen and oxygen atoms in total. The van der Waals surface area contributed by atoms with Gasteiger partial charge in [-0.25, -0.2) is 8.42 Å². The number of nitrogens with two attached hydrogens (primary N) is 1. The number of rotatable bonds is 7. The van der Waals surface area contributed by atoms with Crippen molar-refractivity contribution in [3.63, 3.8) is 0 Å². The number of sulfone groups is 1. The van der Waals surface area contributed by atoms with Gasteiger partial charge >= 0.3 is 0 Å². The topological polar surface area (TPSA) is 79.5 Å². The number of nitrogen functional groups attached to an aromatic ring is 1. The molecule has 0 atom stereocenters. The second-order valence-corrected chi connectivity index (χ2v) is 7.47. The zero-order valence-electron chi connectivity index (χ0n) is 11.9. The third-order valence-corrected chi connectivity index (χ3v) is 4.82. The molecule has 2 N–H and O–H groups in total. The average Bonchev–Trinajstić information content (AvgIpc) is 2.65. The SMILES string of the molecule is CCCN(CCN(C)C)c1snc(N)c1S(C)(=O)=O. The molecule has 1 rings (SSSR count). The summed E-state index contributed by atoms with van der Waals surface area (Å²) in [6.07, 6.45) is 2.11. The highest BCUT2D eigenvalue weighted by Gasteiger charge is 2.24. The van der Waals surface area contributed by atoms with E-state index in [0.29, 0.717) is 5.00 Å². The van der Waals surface area contributed by atoms with Gasteiger partial charge in [0.15, 0.2) is 15.7 Å². The number of nitrogens with zero attached hydrogens (tertiary/aromatic N) is 3. The molecule has 0 saturated carbocycles. The summed E-state index contributed by atoms with van der Waals surface area (Å²) in [5, 5.41) is 0.656. The first-order valence-electron chi connectivity index (χ1n) is 6.12. The van der Waals surface area contributed by atoms with Crippen LogP contribution in [-0.4, -0.2) is 57.7 Å². The lowest BCUT2D eigenvalue weighted by molar-refractivity contribution is 0.413. The van der Waals surface area contributed by atoms with Crippen molar-refractivity contribution in [1.82, 2.24) is 9.27 Å². The summed E-state index contributed by atoms with van der Waals surface area (Å²) in [6.45, 7) is 4.46. The zero-order valence-corrected chi connectivity index (χ0v) is 13.5. The Kier molecular flexibility index (Phi) is 5.57. The number of likely N-dealkylation sites (N-methyl/N-ethyl adjacent to an activating group) is 1. The van der Waals surface area contributed by atoms with E-state index in [2.05, 4.69) is 16.2 Å². The molecule has 110 valence electrons.